The van der Waals surface area contributed by atoms with Crippen molar-refractivity contribution in [2.45, 2.75) is 12.4 Å². The Balaban J connectivity index is 0. The zero-order valence-corrected chi connectivity index (χ0v) is 7.96. The van der Waals surface area contributed by atoms with Gasteiger partial charge in [-0.3, -0.25) is 0 Å². The molecule has 0 unspecified atom stereocenters. The number of allylic oxidation sites excluding steroid dienone is 1. The van der Waals surface area contributed by atoms with Crippen molar-refractivity contribution in [1.29, 1.82) is 0 Å². The minimum Gasteiger partial charge on any atom is -0.476 e. The van der Waals surface area contributed by atoms with Crippen LogP contribution in [0.2, 0.25) is 0 Å². The molecular formula is C7H3F9O2. The summed E-state index contributed by atoms with van der Waals surface area (Å²) in [4.78, 5) is 9.23. The topological polar surface area (TPSA) is 37.3 Å². The summed E-state index contributed by atoms with van der Waals surface area (Å²) in [6.07, 6.45) is -13.6. The number of carboxylic acids is 1. The van der Waals surface area contributed by atoms with Crippen LogP contribution in [0.4, 0.5) is 39.5 Å². The second-order valence-corrected chi connectivity index (χ2v) is 2.35. The van der Waals surface area contributed by atoms with Crippen LogP contribution in [-0.4, -0.2) is 23.4 Å². The molecule has 0 atom stereocenters. The van der Waals surface area contributed by atoms with Gasteiger partial charge in [-0.25, -0.2) is 4.79 Å². The van der Waals surface area contributed by atoms with Crippen molar-refractivity contribution in [2.24, 2.45) is 0 Å². The molecule has 1 N–H and O–H groups in total. The van der Waals surface area contributed by atoms with Gasteiger partial charge in [-0.2, -0.15) is 39.5 Å². The molecule has 0 heterocycles. The van der Waals surface area contributed by atoms with Gasteiger partial charge in [-0.15, -0.1) is 0 Å². The van der Waals surface area contributed by atoms with Crippen LogP contribution in [0.25, 0.3) is 0 Å². The van der Waals surface area contributed by atoms with Crippen LogP contribution in [0.3, 0.4) is 0 Å². The van der Waals surface area contributed by atoms with E-state index in [2.05, 4.69) is 0 Å². The molecule has 0 aromatic rings. The van der Waals surface area contributed by atoms with Crippen LogP contribution in [0.1, 0.15) is 0 Å². The highest BCUT2D eigenvalue weighted by molar-refractivity contribution is 5.84. The maximum Gasteiger partial charge on any atom is 0.420 e. The van der Waals surface area contributed by atoms with Gasteiger partial charge >= 0.3 is 24.4 Å². The smallest absolute Gasteiger partial charge is 0.420 e. The lowest BCUT2D eigenvalue weighted by molar-refractivity contribution is -0.171. The highest BCUT2D eigenvalue weighted by atomic mass is 19.4. The summed E-state index contributed by atoms with van der Waals surface area (Å²) in [5.41, 5.74) is -2.68. The third-order valence-corrected chi connectivity index (χ3v) is 1.04. The van der Waals surface area contributed by atoms with Crippen molar-refractivity contribution < 1.29 is 49.4 Å². The predicted octanol–water partition coefficient (Wildman–Crippen LogP) is 3.82. The number of carboxylic acid groups (broad SMARTS) is 1. The first kappa shape index (κ1) is 18.7. The second-order valence-electron chi connectivity index (χ2n) is 2.35. The van der Waals surface area contributed by atoms with E-state index in [4.69, 9.17) is 5.11 Å². The van der Waals surface area contributed by atoms with Crippen molar-refractivity contribution in [3.63, 3.8) is 0 Å². The normalized spacial score (nSPS) is 11.2. The molecule has 0 bridgehead atoms. The molecule has 0 radical (unpaired) electrons. The maximum atomic E-state index is 11.2. The monoisotopic (exact) mass is 290 g/mol. The van der Waals surface area contributed by atoms with E-state index >= 15 is 0 Å². The molecule has 106 valence electrons. The molecule has 0 saturated carbocycles. The first-order chi connectivity index (χ1) is 7.71. The highest BCUT2D eigenvalue weighted by Gasteiger charge is 2.49. The number of aliphatic carboxylic acids is 1. The SMILES string of the molecule is C=C(C(F)(F)F)C(F)(F)F.O=C(O)C(F)=C(F)F. The van der Waals surface area contributed by atoms with Crippen LogP contribution in [-0.2, 0) is 4.79 Å². The zero-order valence-electron chi connectivity index (χ0n) is 7.96. The lowest BCUT2D eigenvalue weighted by Gasteiger charge is -2.12. The Labute approximate surface area is 93.0 Å². The number of alkyl halides is 6. The molecule has 0 aromatic carbocycles. The summed E-state index contributed by atoms with van der Waals surface area (Å²) < 4.78 is 99.5. The average molecular weight is 290 g/mol. The van der Waals surface area contributed by atoms with Crippen molar-refractivity contribution in [3.8, 4) is 0 Å². The molecule has 0 amide bonds. The summed E-state index contributed by atoms with van der Waals surface area (Å²) >= 11 is 0. The summed E-state index contributed by atoms with van der Waals surface area (Å²) in [6.45, 7) is 1.85. The Morgan fingerprint density at radius 2 is 1.17 bits per heavy atom. The zero-order chi connectivity index (χ0) is 15.3. The number of halogens is 9. The van der Waals surface area contributed by atoms with Crippen LogP contribution in [0.5, 0.6) is 0 Å². The second kappa shape index (κ2) is 6.31. The van der Waals surface area contributed by atoms with E-state index in [0.717, 1.165) is 0 Å². The Hall–Kier alpha value is -1.68. The molecule has 0 aliphatic rings. The highest BCUT2D eigenvalue weighted by Crippen LogP contribution is 2.36. The van der Waals surface area contributed by atoms with Gasteiger partial charge in [0, 0.05) is 0 Å². The molecule has 18 heavy (non-hydrogen) atoms. The van der Waals surface area contributed by atoms with Gasteiger partial charge in [0.05, 0.1) is 0 Å². The fourth-order valence-electron chi connectivity index (χ4n) is 0.242. The largest absolute Gasteiger partial charge is 0.476 e. The predicted molar refractivity (Wildman–Crippen MR) is 39.2 cm³/mol. The van der Waals surface area contributed by atoms with Crippen LogP contribution < -0.4 is 0 Å². The van der Waals surface area contributed by atoms with Crippen molar-refractivity contribution >= 4 is 5.97 Å². The van der Waals surface area contributed by atoms with E-state index in [9.17, 15) is 44.3 Å². The van der Waals surface area contributed by atoms with Crippen molar-refractivity contribution in [3.05, 3.63) is 24.1 Å². The number of carbonyl (C=O) groups is 1. The van der Waals surface area contributed by atoms with Gasteiger partial charge in [-0.05, 0) is 0 Å². The van der Waals surface area contributed by atoms with Gasteiger partial charge in [0.2, 0.25) is 0 Å². The Kier molecular flexibility index (Phi) is 6.54. The van der Waals surface area contributed by atoms with E-state index in [0.29, 0.717) is 0 Å². The third-order valence-electron chi connectivity index (χ3n) is 1.04. The van der Waals surface area contributed by atoms with E-state index in [1.807, 2.05) is 6.58 Å². The molecule has 2 nitrogen and oxygen atoms in total. The number of hydrogen-bond donors (Lipinski definition) is 1. The van der Waals surface area contributed by atoms with Crippen LogP contribution >= 0.6 is 0 Å². The van der Waals surface area contributed by atoms with Crippen LogP contribution in [0, 0.1) is 0 Å². The number of hydrogen-bond acceptors (Lipinski definition) is 1. The van der Waals surface area contributed by atoms with Gasteiger partial charge in [-0.1, -0.05) is 6.58 Å². The summed E-state index contributed by atoms with van der Waals surface area (Å²) in [5.74, 6) is -4.64. The van der Waals surface area contributed by atoms with E-state index < -0.39 is 35.8 Å². The van der Waals surface area contributed by atoms with Gasteiger partial charge in [0.1, 0.15) is 5.57 Å². The summed E-state index contributed by atoms with van der Waals surface area (Å²) in [6, 6.07) is 0. The quantitative estimate of drug-likeness (QED) is 0.453. The molecule has 11 heteroatoms. The molecule has 0 aromatic heterocycles. The van der Waals surface area contributed by atoms with Crippen LogP contribution in [0.15, 0.2) is 24.1 Å². The van der Waals surface area contributed by atoms with Gasteiger partial charge in [0.25, 0.3) is 5.83 Å². The molecule has 0 saturated heterocycles. The average Bonchev–Trinajstić information content (AvgIpc) is 2.13. The van der Waals surface area contributed by atoms with E-state index in [1.54, 1.807) is 0 Å². The first-order valence-corrected chi connectivity index (χ1v) is 3.48. The maximum absolute atomic E-state index is 11.2. The molecule has 0 spiro atoms. The minimum atomic E-state index is -5.38. The van der Waals surface area contributed by atoms with Crippen molar-refractivity contribution in [2.75, 3.05) is 0 Å². The summed E-state index contributed by atoms with van der Waals surface area (Å²) in [7, 11) is 0. The third kappa shape index (κ3) is 7.57. The Morgan fingerprint density at radius 1 is 0.889 bits per heavy atom. The fourth-order valence-corrected chi connectivity index (χ4v) is 0.242. The number of rotatable bonds is 1. The lowest BCUT2D eigenvalue weighted by Crippen LogP contribution is -2.24. The Morgan fingerprint density at radius 3 is 1.17 bits per heavy atom. The van der Waals surface area contributed by atoms with E-state index in [1.165, 1.54) is 0 Å². The molecule has 0 rings (SSSR count). The first-order valence-electron chi connectivity index (χ1n) is 3.48. The molecular weight excluding hydrogens is 287 g/mol. The van der Waals surface area contributed by atoms with Gasteiger partial charge < -0.3 is 5.11 Å². The molecule has 0 fully saturated rings. The fraction of sp³-hybridized carbons (Fsp3) is 0.286. The van der Waals surface area contributed by atoms with E-state index in [-0.39, 0.29) is 0 Å². The lowest BCUT2D eigenvalue weighted by atomic mass is 10.3. The van der Waals surface area contributed by atoms with Crippen molar-refractivity contribution in [1.82, 2.24) is 0 Å². The standard InChI is InChI=1S/C4H2F6.C3HF3O2/c1-2(3(5,6)7)4(8,9)10;4-1(2(5)6)3(7)8/h1H2;(H,7,8). The Bertz CT molecular complexity index is 329. The molecule has 0 aliphatic carbocycles. The minimum absolute atomic E-state index is 1.85. The summed E-state index contributed by atoms with van der Waals surface area (Å²) in [5, 5.41) is 7.44. The molecule has 0 aliphatic heterocycles. The van der Waals surface area contributed by atoms with Gasteiger partial charge in [0.15, 0.2) is 0 Å².